The maximum absolute atomic E-state index is 12.6. The number of amides is 1. The maximum atomic E-state index is 12.6. The van der Waals surface area contributed by atoms with Crippen molar-refractivity contribution >= 4 is 20.1 Å². The van der Waals surface area contributed by atoms with Gasteiger partial charge in [0.25, 0.3) is 0 Å². The zero-order valence-electron chi connectivity index (χ0n) is 13.8. The van der Waals surface area contributed by atoms with Crippen LogP contribution in [0, 0.1) is 5.82 Å². The Morgan fingerprint density at radius 1 is 1.32 bits per heavy atom. The topological polar surface area (TPSA) is 95.9 Å². The van der Waals surface area contributed by atoms with Crippen molar-refractivity contribution in [2.24, 2.45) is 0 Å². The normalized spacial score (nSPS) is 23.2. The van der Waals surface area contributed by atoms with E-state index in [-0.39, 0.29) is 12.2 Å². The second-order valence-electron chi connectivity index (χ2n) is 5.97. The van der Waals surface area contributed by atoms with Crippen molar-refractivity contribution in [3.63, 3.8) is 0 Å². The van der Waals surface area contributed by atoms with Gasteiger partial charge < -0.3 is 0 Å². The van der Waals surface area contributed by atoms with E-state index < -0.39 is 24.4 Å². The Hall–Kier alpha value is -1.66. The van der Waals surface area contributed by atoms with Gasteiger partial charge in [-0.2, -0.15) is 0 Å². The van der Waals surface area contributed by atoms with Gasteiger partial charge in [-0.05, 0) is 42.5 Å². The number of benzene rings is 1. The number of hydrogen-bond acceptors (Lipinski definition) is 4. The average molecular weight is 413 g/mol. The molecule has 0 saturated carbocycles. The molecule has 2 aliphatic carbocycles. The number of fused-ring (bicyclic) bond motifs is 1. The number of carbonyl (C=O) groups is 1. The largest absolute Gasteiger partial charge is 0.207 e. The van der Waals surface area contributed by atoms with Crippen LogP contribution in [0.1, 0.15) is 30.9 Å². The molecule has 2 unspecified atom stereocenters. The molecule has 3 N–H and O–H groups in total. The minimum atomic E-state index is -5.02. The Labute approximate surface area is 148 Å². The van der Waals surface area contributed by atoms with Crippen LogP contribution in [0.5, 0.6) is 0 Å². The van der Waals surface area contributed by atoms with Gasteiger partial charge in [0.2, 0.25) is 0 Å². The summed E-state index contributed by atoms with van der Waals surface area (Å²) in [5.41, 5.74) is 2.54. The first-order valence-corrected chi connectivity index (χ1v) is 11.2. The predicted octanol–water partition coefficient (Wildman–Crippen LogP) is 2.08. The van der Waals surface area contributed by atoms with Crippen LogP contribution in [0.3, 0.4) is 0 Å². The third kappa shape index (κ3) is 4.70. The molecule has 0 saturated heterocycles. The number of nitrogens with one attached hydrogen (secondary N) is 1. The van der Waals surface area contributed by atoms with Crippen LogP contribution in [0.25, 0.3) is 0 Å². The van der Waals surface area contributed by atoms with Crippen molar-refractivity contribution in [2.45, 2.75) is 36.9 Å². The maximum Gasteiger partial charge on any atom is 0.123 e. The van der Waals surface area contributed by atoms with Gasteiger partial charge in [0.05, 0.1) is 0 Å². The Kier molecular flexibility index (Phi) is 6.41. The molecule has 8 heteroatoms. The number of hydrogen-bond donors (Lipinski definition) is 3. The van der Waals surface area contributed by atoms with Gasteiger partial charge in [-0.3, -0.25) is 0 Å². The summed E-state index contributed by atoms with van der Waals surface area (Å²) in [6.45, 7) is 1.22. The molecule has 0 heterocycles. The summed E-state index contributed by atoms with van der Waals surface area (Å²) in [4.78, 5) is 11.0. The molecule has 136 valence electrons. The fourth-order valence-corrected chi connectivity index (χ4v) is 5.11. The third-order valence-corrected chi connectivity index (χ3v) is 7.63. The van der Waals surface area contributed by atoms with Crippen molar-refractivity contribution in [1.29, 1.82) is 0 Å². The van der Waals surface area contributed by atoms with Crippen LogP contribution in [0.2, 0.25) is 0 Å². The van der Waals surface area contributed by atoms with Crippen LogP contribution in [0.4, 0.5) is 4.39 Å². The number of halogens is 1. The zero-order valence-corrected chi connectivity index (χ0v) is 15.7. The summed E-state index contributed by atoms with van der Waals surface area (Å²) in [5.74, 6) is -0.566. The van der Waals surface area contributed by atoms with Gasteiger partial charge in [-0.15, -0.1) is 0 Å². The number of rotatable bonds is 3. The quantitative estimate of drug-likeness (QED) is 0.401. The van der Waals surface area contributed by atoms with Crippen molar-refractivity contribution in [3.8, 4) is 0 Å². The zero-order chi connectivity index (χ0) is 18.5. The van der Waals surface area contributed by atoms with Gasteiger partial charge >= 0.3 is 89.1 Å². The third-order valence-electron chi connectivity index (χ3n) is 4.12. The summed E-state index contributed by atoms with van der Waals surface area (Å²) in [7, 11) is 0. The Bertz CT molecular complexity index is 749. The first kappa shape index (κ1) is 19.7. The molecule has 3 rings (SSSR count). The minimum Gasteiger partial charge on any atom is -0.207 e. The molecular weight excluding hydrogens is 392 g/mol. The van der Waals surface area contributed by atoms with Crippen molar-refractivity contribution in [3.05, 3.63) is 59.4 Å². The van der Waals surface area contributed by atoms with E-state index in [2.05, 4.69) is 9.19 Å². The van der Waals surface area contributed by atoms with Crippen LogP contribution >= 0.6 is 0 Å². The van der Waals surface area contributed by atoms with E-state index in [0.29, 0.717) is 0 Å². The first-order chi connectivity index (χ1) is 11.8. The molecular formula is C17H21AsFNO5. The van der Waals surface area contributed by atoms with E-state index in [9.17, 15) is 17.0 Å². The second kappa shape index (κ2) is 8.14. The SMILES string of the molecule is CC(=O)NC1([As](=O)(O)OO)C=CC=CC1.Fc1ccc2c(c1)CCC2. The Balaban J connectivity index is 0.000000194. The van der Waals surface area contributed by atoms with Gasteiger partial charge in [0.1, 0.15) is 5.82 Å². The minimum absolute atomic E-state index is 0.0966. The molecule has 2 aliphatic rings. The van der Waals surface area contributed by atoms with Crippen LogP contribution in [-0.4, -0.2) is 33.8 Å². The van der Waals surface area contributed by atoms with Crippen molar-refractivity contribution in [2.75, 3.05) is 0 Å². The van der Waals surface area contributed by atoms with Crippen molar-refractivity contribution < 1.29 is 26.2 Å². The van der Waals surface area contributed by atoms with E-state index in [1.54, 1.807) is 24.3 Å². The van der Waals surface area contributed by atoms with Crippen LogP contribution < -0.4 is 5.32 Å². The molecule has 0 radical (unpaired) electrons. The second-order valence-corrected chi connectivity index (χ2v) is 10.2. The van der Waals surface area contributed by atoms with E-state index in [4.69, 9.17) is 5.26 Å². The molecule has 0 aliphatic heterocycles. The summed E-state index contributed by atoms with van der Waals surface area (Å²) in [6.07, 6.45) is 9.65. The number of aryl methyl sites for hydroxylation is 2. The summed E-state index contributed by atoms with van der Waals surface area (Å²) >= 11 is -5.02. The fourth-order valence-electron chi connectivity index (χ4n) is 2.90. The molecule has 1 aromatic rings. The number of allylic oxidation sites excluding steroid dienone is 2. The van der Waals surface area contributed by atoms with Crippen molar-refractivity contribution in [1.82, 2.24) is 5.32 Å². The van der Waals surface area contributed by atoms with E-state index in [0.717, 1.165) is 12.8 Å². The van der Waals surface area contributed by atoms with Crippen LogP contribution in [-0.2, 0) is 25.3 Å². The monoisotopic (exact) mass is 413 g/mol. The van der Waals surface area contributed by atoms with Gasteiger partial charge in [-0.25, -0.2) is 4.39 Å². The predicted molar refractivity (Wildman–Crippen MR) is 90.2 cm³/mol. The molecule has 0 spiro atoms. The summed E-state index contributed by atoms with van der Waals surface area (Å²) in [6, 6.07) is 5.10. The average Bonchev–Trinajstić information content (AvgIpc) is 3.03. The van der Waals surface area contributed by atoms with Gasteiger partial charge in [-0.1, -0.05) is 6.07 Å². The Morgan fingerprint density at radius 3 is 2.64 bits per heavy atom. The van der Waals surface area contributed by atoms with Gasteiger partial charge in [0, 0.05) is 0 Å². The Morgan fingerprint density at radius 2 is 2.04 bits per heavy atom. The number of carbonyl (C=O) groups excluding carboxylic acids is 1. The first-order valence-electron chi connectivity index (χ1n) is 7.86. The molecule has 0 fully saturated rings. The molecule has 25 heavy (non-hydrogen) atoms. The smallest absolute Gasteiger partial charge is 0.123 e. The molecule has 1 aromatic carbocycles. The fraction of sp³-hybridized carbons (Fsp3) is 0.353. The molecule has 0 aromatic heterocycles. The van der Waals surface area contributed by atoms with E-state index >= 15 is 0 Å². The van der Waals surface area contributed by atoms with E-state index in [1.165, 1.54) is 36.6 Å². The molecule has 1 amide bonds. The molecule has 2 atom stereocenters. The molecule has 6 nitrogen and oxygen atoms in total. The standard InChI is InChI=1S/C9H9F.C8H12AsNO5/c10-9-5-4-7-2-1-3-8(7)6-9;1-7(11)10-8(9(12,13)15-14)5-3-2-4-6-8/h4-6H,1-3H2;2-5,14H,6H2,1H3,(H,10,11)(H,12,13). The van der Waals surface area contributed by atoms with E-state index in [1.807, 2.05) is 6.07 Å². The molecule has 0 bridgehead atoms. The van der Waals surface area contributed by atoms with Crippen LogP contribution in [0.15, 0.2) is 42.5 Å². The van der Waals surface area contributed by atoms with Gasteiger partial charge in [0.15, 0.2) is 0 Å². The summed E-state index contributed by atoms with van der Waals surface area (Å²) in [5, 5.41) is 10.8. The summed E-state index contributed by atoms with van der Waals surface area (Å²) < 4.78 is 35.8.